The van der Waals surface area contributed by atoms with E-state index in [4.69, 9.17) is 11.5 Å². The number of nitrogens with one attached hydrogen (secondary N) is 1. The Morgan fingerprint density at radius 2 is 1.94 bits per heavy atom. The zero-order chi connectivity index (χ0) is 13.6. The highest BCUT2D eigenvalue weighted by Crippen LogP contribution is 2.13. The Morgan fingerprint density at radius 1 is 1.33 bits per heavy atom. The zero-order valence-corrected chi connectivity index (χ0v) is 11.1. The second-order valence-corrected chi connectivity index (χ2v) is 5.26. The van der Waals surface area contributed by atoms with Crippen molar-refractivity contribution < 1.29 is 4.79 Å². The van der Waals surface area contributed by atoms with Crippen LogP contribution in [0.1, 0.15) is 25.8 Å². The number of carbonyl (C=O) groups excluding carboxylic acids is 1. The lowest BCUT2D eigenvalue weighted by Crippen LogP contribution is -2.50. The molecule has 5 N–H and O–H groups in total. The van der Waals surface area contributed by atoms with Gasteiger partial charge in [-0.05, 0) is 32.3 Å². The van der Waals surface area contributed by atoms with Crippen molar-refractivity contribution in [2.75, 3.05) is 6.54 Å². The summed E-state index contributed by atoms with van der Waals surface area (Å²) in [5.74, 6) is -0.471. The third-order valence-electron chi connectivity index (χ3n) is 3.05. The molecule has 0 aliphatic carbocycles. The summed E-state index contributed by atoms with van der Waals surface area (Å²) in [6.45, 7) is 4.62. The van der Waals surface area contributed by atoms with Crippen LogP contribution in [0.15, 0.2) is 30.3 Å². The quantitative estimate of drug-likeness (QED) is 0.668. The van der Waals surface area contributed by atoms with E-state index in [2.05, 4.69) is 31.3 Å². The molecule has 1 atom stereocenters. The SMILES string of the molecule is CC(C)(CCc1ccccc1)NCC(N)C(N)=O. The summed E-state index contributed by atoms with van der Waals surface area (Å²) >= 11 is 0. The molecule has 0 radical (unpaired) electrons. The summed E-state index contributed by atoms with van der Waals surface area (Å²) < 4.78 is 0. The van der Waals surface area contributed by atoms with Crippen molar-refractivity contribution in [3.63, 3.8) is 0 Å². The van der Waals surface area contributed by atoms with Gasteiger partial charge in [-0.15, -0.1) is 0 Å². The maximum absolute atomic E-state index is 10.9. The van der Waals surface area contributed by atoms with Gasteiger partial charge in [0, 0.05) is 12.1 Å². The standard InChI is InChI=1S/C14H23N3O/c1-14(2,17-10-12(15)13(16)18)9-8-11-6-4-3-5-7-11/h3-7,12,17H,8-10,15H2,1-2H3,(H2,16,18). The number of amides is 1. The zero-order valence-electron chi connectivity index (χ0n) is 11.1. The predicted molar refractivity (Wildman–Crippen MR) is 74.0 cm³/mol. The Labute approximate surface area is 109 Å². The van der Waals surface area contributed by atoms with Crippen molar-refractivity contribution in [3.05, 3.63) is 35.9 Å². The van der Waals surface area contributed by atoms with Crippen LogP contribution in [0.2, 0.25) is 0 Å². The van der Waals surface area contributed by atoms with Crippen LogP contribution < -0.4 is 16.8 Å². The third kappa shape index (κ3) is 5.29. The van der Waals surface area contributed by atoms with Crippen LogP contribution in [0.3, 0.4) is 0 Å². The van der Waals surface area contributed by atoms with Gasteiger partial charge < -0.3 is 16.8 Å². The number of hydrogen-bond acceptors (Lipinski definition) is 3. The molecule has 0 spiro atoms. The minimum atomic E-state index is -0.624. The van der Waals surface area contributed by atoms with Gasteiger partial charge in [0.25, 0.3) is 0 Å². The smallest absolute Gasteiger partial charge is 0.235 e. The first-order chi connectivity index (χ1) is 8.41. The van der Waals surface area contributed by atoms with Crippen LogP contribution in [-0.2, 0) is 11.2 Å². The molecule has 0 saturated heterocycles. The molecule has 0 saturated carbocycles. The van der Waals surface area contributed by atoms with Crippen LogP contribution in [0.5, 0.6) is 0 Å². The fraction of sp³-hybridized carbons (Fsp3) is 0.500. The lowest BCUT2D eigenvalue weighted by atomic mass is 9.95. The largest absolute Gasteiger partial charge is 0.368 e. The van der Waals surface area contributed by atoms with E-state index in [0.29, 0.717) is 6.54 Å². The van der Waals surface area contributed by atoms with Gasteiger partial charge in [0.1, 0.15) is 0 Å². The van der Waals surface area contributed by atoms with Gasteiger partial charge in [0.15, 0.2) is 0 Å². The summed E-state index contributed by atoms with van der Waals surface area (Å²) in [5, 5.41) is 3.28. The molecule has 1 rings (SSSR count). The number of carbonyl (C=O) groups is 1. The van der Waals surface area contributed by atoms with Crippen molar-refractivity contribution >= 4 is 5.91 Å². The minimum Gasteiger partial charge on any atom is -0.368 e. The van der Waals surface area contributed by atoms with Gasteiger partial charge in [0.2, 0.25) is 5.91 Å². The van der Waals surface area contributed by atoms with Crippen LogP contribution in [0.4, 0.5) is 0 Å². The van der Waals surface area contributed by atoms with E-state index in [1.807, 2.05) is 18.2 Å². The van der Waals surface area contributed by atoms with Crippen molar-refractivity contribution in [2.45, 2.75) is 38.3 Å². The van der Waals surface area contributed by atoms with E-state index < -0.39 is 11.9 Å². The Balaban J connectivity index is 2.38. The fourth-order valence-electron chi connectivity index (χ4n) is 1.68. The van der Waals surface area contributed by atoms with Gasteiger partial charge >= 0.3 is 0 Å². The summed E-state index contributed by atoms with van der Waals surface area (Å²) in [6.07, 6.45) is 1.97. The first-order valence-electron chi connectivity index (χ1n) is 6.24. The molecular formula is C14H23N3O. The second-order valence-electron chi connectivity index (χ2n) is 5.26. The number of hydrogen-bond donors (Lipinski definition) is 3. The average molecular weight is 249 g/mol. The molecule has 18 heavy (non-hydrogen) atoms. The number of rotatable bonds is 7. The highest BCUT2D eigenvalue weighted by atomic mass is 16.1. The lowest BCUT2D eigenvalue weighted by Gasteiger charge is -2.27. The van der Waals surface area contributed by atoms with Gasteiger partial charge in [-0.3, -0.25) is 4.79 Å². The highest BCUT2D eigenvalue weighted by Gasteiger charge is 2.19. The number of nitrogens with two attached hydrogens (primary N) is 2. The molecule has 0 aliphatic rings. The van der Waals surface area contributed by atoms with Crippen molar-refractivity contribution in [1.82, 2.24) is 5.32 Å². The van der Waals surface area contributed by atoms with Crippen LogP contribution in [-0.4, -0.2) is 24.0 Å². The highest BCUT2D eigenvalue weighted by molar-refractivity contribution is 5.79. The molecule has 4 nitrogen and oxygen atoms in total. The summed E-state index contributed by atoms with van der Waals surface area (Å²) in [7, 11) is 0. The summed E-state index contributed by atoms with van der Waals surface area (Å²) in [5.41, 5.74) is 12.0. The number of benzene rings is 1. The van der Waals surface area contributed by atoms with E-state index in [-0.39, 0.29) is 5.54 Å². The van der Waals surface area contributed by atoms with Crippen LogP contribution in [0.25, 0.3) is 0 Å². The molecule has 0 fully saturated rings. The Kier molecular flexibility index (Phi) is 5.31. The summed E-state index contributed by atoms with van der Waals surface area (Å²) in [6, 6.07) is 9.70. The molecule has 1 aromatic carbocycles. The molecule has 4 heteroatoms. The maximum Gasteiger partial charge on any atom is 0.235 e. The van der Waals surface area contributed by atoms with Crippen LogP contribution in [0, 0.1) is 0 Å². The molecule has 0 bridgehead atoms. The topological polar surface area (TPSA) is 81.1 Å². The first-order valence-corrected chi connectivity index (χ1v) is 6.24. The number of primary amides is 1. The molecule has 0 aliphatic heterocycles. The molecule has 1 unspecified atom stereocenters. The minimum absolute atomic E-state index is 0.0666. The monoisotopic (exact) mass is 249 g/mol. The van der Waals surface area contributed by atoms with E-state index in [9.17, 15) is 4.79 Å². The van der Waals surface area contributed by atoms with Crippen molar-refractivity contribution in [1.29, 1.82) is 0 Å². The Morgan fingerprint density at radius 3 is 2.50 bits per heavy atom. The average Bonchev–Trinajstić information content (AvgIpc) is 2.35. The Bertz CT molecular complexity index is 376. The first kappa shape index (κ1) is 14.7. The van der Waals surface area contributed by atoms with Crippen molar-refractivity contribution in [2.24, 2.45) is 11.5 Å². The summed E-state index contributed by atoms with van der Waals surface area (Å²) in [4.78, 5) is 10.9. The fourth-order valence-corrected chi connectivity index (χ4v) is 1.68. The van der Waals surface area contributed by atoms with E-state index in [1.54, 1.807) is 0 Å². The molecule has 100 valence electrons. The molecule has 1 amide bonds. The molecular weight excluding hydrogens is 226 g/mol. The molecule has 0 aromatic heterocycles. The van der Waals surface area contributed by atoms with E-state index in [1.165, 1.54) is 5.56 Å². The van der Waals surface area contributed by atoms with E-state index in [0.717, 1.165) is 12.8 Å². The lowest BCUT2D eigenvalue weighted by molar-refractivity contribution is -0.119. The molecule has 1 aromatic rings. The van der Waals surface area contributed by atoms with Gasteiger partial charge in [0.05, 0.1) is 6.04 Å². The predicted octanol–water partition coefficient (Wildman–Crippen LogP) is 0.800. The maximum atomic E-state index is 10.9. The third-order valence-corrected chi connectivity index (χ3v) is 3.05. The molecule has 0 heterocycles. The van der Waals surface area contributed by atoms with Gasteiger partial charge in [-0.1, -0.05) is 30.3 Å². The van der Waals surface area contributed by atoms with Crippen molar-refractivity contribution in [3.8, 4) is 0 Å². The van der Waals surface area contributed by atoms with Gasteiger partial charge in [-0.2, -0.15) is 0 Å². The van der Waals surface area contributed by atoms with E-state index >= 15 is 0 Å². The van der Waals surface area contributed by atoms with Crippen LogP contribution >= 0.6 is 0 Å². The number of aryl methyl sites for hydroxylation is 1. The Hall–Kier alpha value is -1.39. The van der Waals surface area contributed by atoms with Gasteiger partial charge in [-0.25, -0.2) is 0 Å². The second kappa shape index (κ2) is 6.52. The normalized spacial score (nSPS) is 13.3.